The van der Waals surface area contributed by atoms with Crippen molar-refractivity contribution in [1.29, 1.82) is 0 Å². The molecule has 0 unspecified atom stereocenters. The number of anilines is 1. The molecule has 0 saturated heterocycles. The Labute approximate surface area is 126 Å². The van der Waals surface area contributed by atoms with Crippen molar-refractivity contribution in [2.24, 2.45) is 4.99 Å². The summed E-state index contributed by atoms with van der Waals surface area (Å²) in [6.45, 7) is 1.92. The van der Waals surface area contributed by atoms with Crippen LogP contribution in [0.2, 0.25) is 0 Å². The normalized spacial score (nSPS) is 14.1. The van der Waals surface area contributed by atoms with E-state index in [4.69, 9.17) is 0 Å². The van der Waals surface area contributed by atoms with E-state index >= 15 is 0 Å². The maximum atomic E-state index is 10.3. The van der Waals surface area contributed by atoms with Crippen LogP contribution < -0.4 is 4.90 Å². The second-order valence-electron chi connectivity index (χ2n) is 5.36. The Morgan fingerprint density at radius 1 is 1.00 bits per heavy atom. The van der Waals surface area contributed by atoms with Crippen LogP contribution in [0.5, 0.6) is 0 Å². The zero-order chi connectivity index (χ0) is 15.2. The summed E-state index contributed by atoms with van der Waals surface area (Å²) >= 11 is 0. The van der Waals surface area contributed by atoms with Gasteiger partial charge in [-0.3, -0.25) is 4.99 Å². The molecule has 0 aliphatic rings. The first-order valence-corrected chi connectivity index (χ1v) is 7.11. The van der Waals surface area contributed by atoms with E-state index in [0.717, 1.165) is 16.8 Å². The lowest BCUT2D eigenvalue weighted by Gasteiger charge is -2.15. The first kappa shape index (κ1) is 15.3. The predicted molar refractivity (Wildman–Crippen MR) is 89.2 cm³/mol. The maximum Gasteiger partial charge on any atom is 0.101 e. The number of rotatable bonds is 5. The lowest BCUT2D eigenvalue weighted by molar-refractivity contribution is 0.154. The first-order valence-electron chi connectivity index (χ1n) is 7.11. The van der Waals surface area contributed by atoms with Crippen LogP contribution in [0.3, 0.4) is 0 Å². The number of aliphatic imine (C=N–C) groups is 1. The van der Waals surface area contributed by atoms with E-state index in [-0.39, 0.29) is 6.04 Å². The Kier molecular flexibility index (Phi) is 5.12. The molecule has 2 aromatic carbocycles. The molecule has 21 heavy (non-hydrogen) atoms. The zero-order valence-electron chi connectivity index (χ0n) is 12.8. The molecule has 0 aliphatic carbocycles. The molecule has 1 N–H and O–H groups in total. The summed E-state index contributed by atoms with van der Waals surface area (Å²) in [5.41, 5.74) is 3.09. The molecule has 2 atom stereocenters. The van der Waals surface area contributed by atoms with Crippen molar-refractivity contribution in [3.8, 4) is 0 Å². The fourth-order valence-corrected chi connectivity index (χ4v) is 2.07. The standard InChI is InChI=1S/C18H22N2O/c1-14(18(21)16-7-5-4-6-8-16)19-13-15-9-11-17(12-10-15)20(2)3/h4-14,18,21H,1-3H3/t14-,18-/m0/s1. The van der Waals surface area contributed by atoms with Gasteiger partial charge in [-0.1, -0.05) is 42.5 Å². The van der Waals surface area contributed by atoms with Crippen molar-refractivity contribution < 1.29 is 5.11 Å². The third kappa shape index (κ3) is 4.17. The van der Waals surface area contributed by atoms with Crippen LogP contribution in [-0.4, -0.2) is 31.5 Å². The van der Waals surface area contributed by atoms with Gasteiger partial charge in [-0.05, 0) is 30.2 Å². The minimum Gasteiger partial charge on any atom is -0.386 e. The summed E-state index contributed by atoms with van der Waals surface area (Å²) in [6.07, 6.45) is 1.24. The molecule has 3 heteroatoms. The molecule has 0 saturated carbocycles. The molecule has 0 heterocycles. The van der Waals surface area contributed by atoms with Gasteiger partial charge in [0, 0.05) is 26.0 Å². The van der Waals surface area contributed by atoms with Crippen LogP contribution in [0.15, 0.2) is 59.6 Å². The predicted octanol–water partition coefficient (Wildman–Crippen LogP) is 3.29. The minimum atomic E-state index is -0.580. The van der Waals surface area contributed by atoms with Crippen LogP contribution in [-0.2, 0) is 0 Å². The molecule has 2 aromatic rings. The molecule has 3 nitrogen and oxygen atoms in total. The van der Waals surface area contributed by atoms with Gasteiger partial charge in [-0.2, -0.15) is 0 Å². The van der Waals surface area contributed by atoms with Crippen LogP contribution in [0, 0.1) is 0 Å². The van der Waals surface area contributed by atoms with E-state index < -0.39 is 6.10 Å². The Hall–Kier alpha value is -2.13. The van der Waals surface area contributed by atoms with Crippen molar-refractivity contribution in [3.63, 3.8) is 0 Å². The topological polar surface area (TPSA) is 35.8 Å². The van der Waals surface area contributed by atoms with E-state index in [1.807, 2.05) is 69.7 Å². The Morgan fingerprint density at radius 2 is 1.62 bits per heavy atom. The summed E-state index contributed by atoms with van der Waals surface area (Å²) in [6, 6.07) is 17.6. The first-order chi connectivity index (χ1) is 10.1. The van der Waals surface area contributed by atoms with E-state index in [9.17, 15) is 5.11 Å². The number of nitrogens with zero attached hydrogens (tertiary/aromatic N) is 2. The van der Waals surface area contributed by atoms with Gasteiger partial charge in [0.05, 0.1) is 6.04 Å². The Balaban J connectivity index is 2.03. The summed E-state index contributed by atoms with van der Waals surface area (Å²) in [5, 5.41) is 10.3. The molecule has 0 aromatic heterocycles. The third-order valence-electron chi connectivity index (χ3n) is 3.47. The fraction of sp³-hybridized carbons (Fsp3) is 0.278. The molecule has 0 radical (unpaired) electrons. The molecule has 2 rings (SSSR count). The smallest absolute Gasteiger partial charge is 0.101 e. The summed E-state index contributed by atoms with van der Waals surface area (Å²) in [7, 11) is 4.03. The highest BCUT2D eigenvalue weighted by Gasteiger charge is 2.14. The van der Waals surface area contributed by atoms with E-state index in [2.05, 4.69) is 22.0 Å². The second-order valence-corrected chi connectivity index (χ2v) is 5.36. The second kappa shape index (κ2) is 7.04. The largest absolute Gasteiger partial charge is 0.386 e. The SMILES string of the molecule is C[C@H](N=Cc1ccc(N(C)C)cc1)[C@H](O)c1ccccc1. The third-order valence-corrected chi connectivity index (χ3v) is 3.47. The Morgan fingerprint density at radius 3 is 2.19 bits per heavy atom. The van der Waals surface area contributed by atoms with E-state index in [1.54, 1.807) is 0 Å². The molecular weight excluding hydrogens is 260 g/mol. The number of hydrogen-bond donors (Lipinski definition) is 1. The zero-order valence-corrected chi connectivity index (χ0v) is 12.8. The molecule has 0 aliphatic heterocycles. The average Bonchev–Trinajstić information content (AvgIpc) is 2.53. The number of aliphatic hydroxyl groups excluding tert-OH is 1. The van der Waals surface area contributed by atoms with Gasteiger partial charge in [-0.25, -0.2) is 0 Å². The molecular formula is C18H22N2O. The van der Waals surface area contributed by atoms with Gasteiger partial charge >= 0.3 is 0 Å². The minimum absolute atomic E-state index is 0.180. The van der Waals surface area contributed by atoms with E-state index in [1.165, 1.54) is 0 Å². The number of hydrogen-bond acceptors (Lipinski definition) is 3. The molecule has 0 fully saturated rings. The maximum absolute atomic E-state index is 10.3. The lowest BCUT2D eigenvalue weighted by Crippen LogP contribution is -2.12. The van der Waals surface area contributed by atoms with Gasteiger partial charge in [0.25, 0.3) is 0 Å². The van der Waals surface area contributed by atoms with Crippen LogP contribution in [0.4, 0.5) is 5.69 Å². The van der Waals surface area contributed by atoms with Crippen molar-refractivity contribution in [3.05, 3.63) is 65.7 Å². The number of aliphatic hydroxyl groups is 1. The van der Waals surface area contributed by atoms with Crippen molar-refractivity contribution in [1.82, 2.24) is 0 Å². The van der Waals surface area contributed by atoms with E-state index in [0.29, 0.717) is 0 Å². The van der Waals surface area contributed by atoms with Crippen molar-refractivity contribution >= 4 is 11.9 Å². The summed E-state index contributed by atoms with van der Waals surface area (Å²) in [4.78, 5) is 6.51. The fourth-order valence-electron chi connectivity index (χ4n) is 2.07. The summed E-state index contributed by atoms with van der Waals surface area (Å²) < 4.78 is 0. The highest BCUT2D eigenvalue weighted by Crippen LogP contribution is 2.18. The highest BCUT2D eigenvalue weighted by molar-refractivity contribution is 5.80. The average molecular weight is 282 g/mol. The van der Waals surface area contributed by atoms with Crippen LogP contribution in [0.1, 0.15) is 24.2 Å². The number of benzene rings is 2. The van der Waals surface area contributed by atoms with Crippen LogP contribution in [0.25, 0.3) is 0 Å². The monoisotopic (exact) mass is 282 g/mol. The molecule has 0 spiro atoms. The molecule has 110 valence electrons. The van der Waals surface area contributed by atoms with Gasteiger partial charge in [0.1, 0.15) is 6.10 Å². The van der Waals surface area contributed by atoms with Crippen LogP contribution >= 0.6 is 0 Å². The molecule has 0 bridgehead atoms. The highest BCUT2D eigenvalue weighted by atomic mass is 16.3. The quantitative estimate of drug-likeness (QED) is 0.854. The van der Waals surface area contributed by atoms with Gasteiger partial charge < -0.3 is 10.0 Å². The van der Waals surface area contributed by atoms with Gasteiger partial charge in [0.15, 0.2) is 0 Å². The van der Waals surface area contributed by atoms with Crippen molar-refractivity contribution in [2.45, 2.75) is 19.1 Å². The van der Waals surface area contributed by atoms with Crippen molar-refractivity contribution in [2.75, 3.05) is 19.0 Å². The molecule has 0 amide bonds. The van der Waals surface area contributed by atoms with Gasteiger partial charge in [0.2, 0.25) is 0 Å². The van der Waals surface area contributed by atoms with Gasteiger partial charge in [-0.15, -0.1) is 0 Å². The Bertz CT molecular complexity index is 576. The lowest BCUT2D eigenvalue weighted by atomic mass is 10.0. The summed E-state index contributed by atoms with van der Waals surface area (Å²) in [5.74, 6) is 0.